The summed E-state index contributed by atoms with van der Waals surface area (Å²) in [5.41, 5.74) is -0.933. The van der Waals surface area contributed by atoms with Gasteiger partial charge in [0.05, 0.1) is 17.3 Å². The highest BCUT2D eigenvalue weighted by atomic mass is 19.4. The zero-order valence-corrected chi connectivity index (χ0v) is 20.8. The van der Waals surface area contributed by atoms with E-state index in [9.17, 15) is 28.3 Å². The fourth-order valence-corrected chi connectivity index (χ4v) is 4.62. The van der Waals surface area contributed by atoms with Crippen LogP contribution in [0.25, 0.3) is 5.69 Å². The first-order valence-corrected chi connectivity index (χ1v) is 12.5. The summed E-state index contributed by atoms with van der Waals surface area (Å²) < 4.78 is 41.4. The van der Waals surface area contributed by atoms with Crippen molar-refractivity contribution in [3.8, 4) is 11.8 Å². The van der Waals surface area contributed by atoms with E-state index < -0.39 is 23.4 Å². The highest BCUT2D eigenvalue weighted by molar-refractivity contribution is 6.03. The fraction of sp³-hybridized carbons (Fsp3) is 0.233. The van der Waals surface area contributed by atoms with Gasteiger partial charge in [-0.2, -0.15) is 23.5 Å². The first-order chi connectivity index (χ1) is 18.7. The van der Waals surface area contributed by atoms with Crippen LogP contribution in [-0.4, -0.2) is 20.8 Å². The van der Waals surface area contributed by atoms with Gasteiger partial charge in [0.1, 0.15) is 11.3 Å². The molecular weight excluding hydrogens is 505 g/mol. The fourth-order valence-electron chi connectivity index (χ4n) is 4.62. The van der Waals surface area contributed by atoms with Crippen molar-refractivity contribution >= 4 is 11.6 Å². The van der Waals surface area contributed by atoms with Crippen LogP contribution in [0.4, 0.5) is 18.9 Å². The summed E-state index contributed by atoms with van der Waals surface area (Å²) >= 11 is 0. The van der Waals surface area contributed by atoms with Crippen LogP contribution in [0.15, 0.2) is 84.9 Å². The molecule has 6 nitrogen and oxygen atoms in total. The molecule has 1 aliphatic carbocycles. The molecule has 4 aromatic rings. The van der Waals surface area contributed by atoms with E-state index >= 15 is 0 Å². The summed E-state index contributed by atoms with van der Waals surface area (Å²) in [5, 5.41) is 27.3. The lowest BCUT2D eigenvalue weighted by Crippen LogP contribution is -2.28. The zero-order chi connectivity index (χ0) is 27.6. The van der Waals surface area contributed by atoms with Gasteiger partial charge in [0.25, 0.3) is 5.91 Å². The third kappa shape index (κ3) is 5.71. The maximum atomic E-state index is 13.5. The van der Waals surface area contributed by atoms with Crippen LogP contribution in [0, 0.1) is 17.2 Å². The Kier molecular flexibility index (Phi) is 6.98. The first kappa shape index (κ1) is 26.2. The molecule has 0 saturated heterocycles. The second-order valence-electron chi connectivity index (χ2n) is 9.73. The van der Waals surface area contributed by atoms with Gasteiger partial charge in [-0.3, -0.25) is 4.79 Å². The van der Waals surface area contributed by atoms with E-state index in [4.69, 9.17) is 0 Å². The van der Waals surface area contributed by atoms with Crippen molar-refractivity contribution < 1.29 is 23.1 Å². The maximum absolute atomic E-state index is 13.5. The van der Waals surface area contributed by atoms with Crippen molar-refractivity contribution in [2.75, 3.05) is 5.32 Å². The molecule has 1 aromatic heterocycles. The Balaban J connectivity index is 1.48. The van der Waals surface area contributed by atoms with Crippen LogP contribution in [0.1, 0.15) is 58.6 Å². The van der Waals surface area contributed by atoms with Gasteiger partial charge < -0.3 is 10.4 Å². The number of benzene rings is 3. The van der Waals surface area contributed by atoms with Crippen molar-refractivity contribution in [2.24, 2.45) is 5.92 Å². The number of carbonyl (C=O) groups is 1. The van der Waals surface area contributed by atoms with Crippen molar-refractivity contribution in [1.82, 2.24) is 9.78 Å². The molecule has 1 heterocycles. The number of amides is 1. The number of rotatable bonds is 8. The third-order valence-electron chi connectivity index (χ3n) is 6.91. The topological polar surface area (TPSA) is 90.9 Å². The number of halogens is 3. The largest absolute Gasteiger partial charge is 0.435 e. The lowest BCUT2D eigenvalue weighted by Gasteiger charge is -2.30. The molecule has 1 fully saturated rings. The number of hydrogen-bond donors (Lipinski definition) is 2. The van der Waals surface area contributed by atoms with Crippen LogP contribution in [0.3, 0.4) is 0 Å². The second kappa shape index (κ2) is 10.4. The molecule has 0 bridgehead atoms. The average Bonchev–Trinajstić information content (AvgIpc) is 3.66. The number of nitrogens with zero attached hydrogens (tertiary/aromatic N) is 3. The van der Waals surface area contributed by atoms with Crippen molar-refractivity contribution in [3.63, 3.8) is 0 Å². The molecule has 1 saturated carbocycles. The smallest absolute Gasteiger partial charge is 0.380 e. The highest BCUT2D eigenvalue weighted by Crippen LogP contribution is 2.41. The van der Waals surface area contributed by atoms with Crippen LogP contribution < -0.4 is 5.32 Å². The van der Waals surface area contributed by atoms with E-state index in [1.54, 1.807) is 24.3 Å². The number of nitriles is 1. The number of nitrogens with one attached hydrogen (secondary N) is 1. The van der Waals surface area contributed by atoms with Crippen molar-refractivity contribution in [2.45, 2.75) is 37.5 Å². The number of aliphatic hydroxyl groups is 1. The van der Waals surface area contributed by atoms with E-state index in [2.05, 4.69) is 10.4 Å². The Morgan fingerprint density at radius 2 is 1.72 bits per heavy atom. The summed E-state index contributed by atoms with van der Waals surface area (Å²) in [6.07, 6.45) is -1.14. The number of aromatic nitrogens is 2. The van der Waals surface area contributed by atoms with E-state index in [0.29, 0.717) is 29.7 Å². The first-order valence-electron chi connectivity index (χ1n) is 12.5. The molecule has 0 spiro atoms. The standard InChI is InChI=1S/C30H25F3N4O2/c31-30(32,33)27-18-26(37(36-27)25-11-4-6-21(16-25)19-34)28(38)35-24-10-5-9-23(17-24)29(39,15-14-20-12-13-20)22-7-2-1-3-8-22/h1-11,16-18,20,39H,12-15H2,(H,35,38). The third-order valence-corrected chi connectivity index (χ3v) is 6.91. The Labute approximate surface area is 223 Å². The highest BCUT2D eigenvalue weighted by Gasteiger charge is 2.37. The summed E-state index contributed by atoms with van der Waals surface area (Å²) in [4.78, 5) is 13.3. The molecule has 198 valence electrons. The van der Waals surface area contributed by atoms with Crippen molar-refractivity contribution in [3.05, 3.63) is 113 Å². The summed E-state index contributed by atoms with van der Waals surface area (Å²) in [7, 11) is 0. The molecule has 0 aliphatic heterocycles. The lowest BCUT2D eigenvalue weighted by molar-refractivity contribution is -0.141. The van der Waals surface area contributed by atoms with E-state index in [1.165, 1.54) is 24.3 Å². The molecule has 0 radical (unpaired) electrons. The molecule has 1 aliphatic rings. The van der Waals surface area contributed by atoms with Gasteiger partial charge >= 0.3 is 6.18 Å². The SMILES string of the molecule is N#Cc1cccc(-n2nc(C(F)(F)F)cc2C(=O)Nc2cccc(C(O)(CCC3CC3)c3ccccc3)c2)c1. The Hall–Kier alpha value is -4.42. The van der Waals surface area contributed by atoms with Crippen LogP contribution >= 0.6 is 0 Å². The van der Waals surface area contributed by atoms with Crippen LogP contribution in [0.5, 0.6) is 0 Å². The molecule has 9 heteroatoms. The van der Waals surface area contributed by atoms with Crippen LogP contribution in [-0.2, 0) is 11.8 Å². The summed E-state index contributed by atoms with van der Waals surface area (Å²) in [6.45, 7) is 0. The molecular formula is C30H25F3N4O2. The minimum atomic E-state index is -4.78. The monoisotopic (exact) mass is 530 g/mol. The number of hydrogen-bond acceptors (Lipinski definition) is 4. The van der Waals surface area contributed by atoms with Gasteiger partial charge in [0, 0.05) is 11.8 Å². The lowest BCUT2D eigenvalue weighted by atomic mass is 9.82. The molecule has 3 aromatic carbocycles. The molecule has 1 atom stereocenters. The van der Waals surface area contributed by atoms with Crippen LogP contribution in [0.2, 0.25) is 0 Å². The van der Waals surface area contributed by atoms with E-state index in [1.807, 2.05) is 36.4 Å². The average molecular weight is 531 g/mol. The van der Waals surface area contributed by atoms with Gasteiger partial charge in [0.2, 0.25) is 0 Å². The van der Waals surface area contributed by atoms with Gasteiger partial charge in [-0.1, -0.05) is 61.4 Å². The zero-order valence-electron chi connectivity index (χ0n) is 20.8. The van der Waals surface area contributed by atoms with E-state index in [0.717, 1.165) is 29.5 Å². The summed E-state index contributed by atoms with van der Waals surface area (Å²) in [6, 6.07) is 24.4. The molecule has 2 N–H and O–H groups in total. The predicted octanol–water partition coefficient (Wildman–Crippen LogP) is 6.44. The van der Waals surface area contributed by atoms with Gasteiger partial charge in [-0.25, -0.2) is 4.68 Å². The number of carbonyl (C=O) groups excluding carboxylic acids is 1. The normalized spacial score (nSPS) is 14.8. The molecule has 39 heavy (non-hydrogen) atoms. The number of alkyl halides is 3. The van der Waals surface area contributed by atoms with Gasteiger partial charge in [-0.15, -0.1) is 0 Å². The molecule has 1 amide bonds. The van der Waals surface area contributed by atoms with E-state index in [-0.39, 0.29) is 16.9 Å². The summed E-state index contributed by atoms with van der Waals surface area (Å²) in [5.74, 6) is -0.232. The Morgan fingerprint density at radius 1 is 1.00 bits per heavy atom. The Morgan fingerprint density at radius 3 is 2.41 bits per heavy atom. The number of anilines is 1. The van der Waals surface area contributed by atoms with Gasteiger partial charge in [0.15, 0.2) is 5.69 Å². The Bertz CT molecular complexity index is 1540. The van der Waals surface area contributed by atoms with Gasteiger partial charge in [-0.05, 0) is 60.2 Å². The minimum Gasteiger partial charge on any atom is -0.380 e. The van der Waals surface area contributed by atoms with Crippen molar-refractivity contribution in [1.29, 1.82) is 5.26 Å². The minimum absolute atomic E-state index is 0.141. The second-order valence-corrected chi connectivity index (χ2v) is 9.73. The molecule has 5 rings (SSSR count). The maximum Gasteiger partial charge on any atom is 0.435 e. The predicted molar refractivity (Wildman–Crippen MR) is 139 cm³/mol. The quantitative estimate of drug-likeness (QED) is 0.274. The molecule has 1 unspecified atom stereocenters.